The predicted molar refractivity (Wildman–Crippen MR) is 108 cm³/mol. The van der Waals surface area contributed by atoms with Gasteiger partial charge in [0.2, 0.25) is 5.43 Å². The lowest BCUT2D eigenvalue weighted by atomic mass is 10.0. The first-order chi connectivity index (χ1) is 13.6. The maximum absolute atomic E-state index is 12.8. The van der Waals surface area contributed by atoms with Gasteiger partial charge in [-0.1, -0.05) is 41.9 Å². The van der Waals surface area contributed by atoms with E-state index in [2.05, 4.69) is 19.9 Å². The van der Waals surface area contributed by atoms with Crippen LogP contribution >= 0.6 is 11.6 Å². The molecular weight excluding hydrogens is 374 g/mol. The predicted octanol–water partition coefficient (Wildman–Crippen LogP) is 4.08. The first-order valence-electron chi connectivity index (χ1n) is 8.56. The minimum Gasteiger partial charge on any atom is -0.344 e. The van der Waals surface area contributed by atoms with Crippen LogP contribution in [0.2, 0.25) is 5.15 Å². The number of aryl methyl sites for hydroxylation is 1. The van der Waals surface area contributed by atoms with Gasteiger partial charge in [0.25, 0.3) is 0 Å². The Bertz CT molecular complexity index is 1270. The highest BCUT2D eigenvalue weighted by molar-refractivity contribution is 6.29. The van der Waals surface area contributed by atoms with Gasteiger partial charge in [0, 0.05) is 28.6 Å². The molecule has 0 atom stereocenters. The summed E-state index contributed by atoms with van der Waals surface area (Å²) in [6.45, 7) is 1.84. The molecule has 0 spiro atoms. The number of H-pyrrole nitrogens is 1. The van der Waals surface area contributed by atoms with E-state index in [0.717, 1.165) is 16.8 Å². The molecule has 0 saturated heterocycles. The van der Waals surface area contributed by atoms with Crippen molar-refractivity contribution < 1.29 is 0 Å². The number of rotatable bonds is 3. The first kappa shape index (κ1) is 17.8. The third-order valence-electron chi connectivity index (χ3n) is 4.30. The lowest BCUT2D eigenvalue weighted by molar-refractivity contribution is 1.14. The molecular formula is C21H14ClN5O. The van der Waals surface area contributed by atoms with Crippen molar-refractivity contribution in [2.24, 2.45) is 0 Å². The Hall–Kier alpha value is -3.56. The molecule has 4 aromatic rings. The Labute approximate surface area is 165 Å². The zero-order valence-corrected chi connectivity index (χ0v) is 15.7. The molecule has 3 aromatic heterocycles. The van der Waals surface area contributed by atoms with Gasteiger partial charge < -0.3 is 4.98 Å². The highest BCUT2D eigenvalue weighted by atomic mass is 35.5. The molecule has 0 radical (unpaired) electrons. The second-order valence-electron chi connectivity index (χ2n) is 6.28. The molecule has 0 aliphatic rings. The third kappa shape index (κ3) is 3.24. The maximum atomic E-state index is 12.8. The number of aromatic amines is 1. The second kappa shape index (κ2) is 7.22. The topological polar surface area (TPSA) is 95.3 Å². The van der Waals surface area contributed by atoms with E-state index in [1.165, 1.54) is 6.20 Å². The number of hydrogen-bond donors (Lipinski definition) is 1. The van der Waals surface area contributed by atoms with Crippen LogP contribution in [0.4, 0.5) is 0 Å². The zero-order valence-electron chi connectivity index (χ0n) is 14.9. The van der Waals surface area contributed by atoms with E-state index < -0.39 is 0 Å². The minimum absolute atomic E-state index is 0.00289. The molecule has 3 heterocycles. The molecule has 0 bridgehead atoms. The van der Waals surface area contributed by atoms with Crippen LogP contribution in [0.25, 0.3) is 33.7 Å². The molecule has 0 amide bonds. The van der Waals surface area contributed by atoms with E-state index in [1.54, 1.807) is 6.07 Å². The van der Waals surface area contributed by atoms with E-state index in [9.17, 15) is 4.79 Å². The summed E-state index contributed by atoms with van der Waals surface area (Å²) in [5, 5.41) is 9.28. The average Bonchev–Trinajstić information content (AvgIpc) is 2.69. The molecule has 1 aromatic carbocycles. The molecule has 6 nitrogen and oxygen atoms in total. The molecule has 0 saturated carbocycles. The van der Waals surface area contributed by atoms with E-state index in [0.29, 0.717) is 27.8 Å². The molecule has 136 valence electrons. The average molecular weight is 388 g/mol. The first-order valence-corrected chi connectivity index (χ1v) is 8.94. The van der Waals surface area contributed by atoms with Gasteiger partial charge in [-0.25, -0.2) is 15.0 Å². The summed E-state index contributed by atoms with van der Waals surface area (Å²) in [6, 6.07) is 15.1. The molecule has 0 fully saturated rings. The lowest BCUT2D eigenvalue weighted by Gasteiger charge is -2.11. The van der Waals surface area contributed by atoms with E-state index in [1.807, 2.05) is 49.4 Å². The normalized spacial score (nSPS) is 10.8. The van der Waals surface area contributed by atoms with Crippen LogP contribution in [0, 0.1) is 18.3 Å². The Balaban J connectivity index is 2.08. The Morgan fingerprint density at radius 2 is 1.82 bits per heavy atom. The quantitative estimate of drug-likeness (QED) is 0.534. The largest absolute Gasteiger partial charge is 0.344 e. The number of halogens is 1. The number of benzene rings is 1. The van der Waals surface area contributed by atoms with Crippen molar-refractivity contribution in [1.29, 1.82) is 5.26 Å². The Morgan fingerprint density at radius 1 is 1.07 bits per heavy atom. The number of pyridine rings is 2. The highest BCUT2D eigenvalue weighted by Crippen LogP contribution is 2.31. The molecule has 7 heteroatoms. The minimum atomic E-state index is -0.305. The Morgan fingerprint density at radius 3 is 2.54 bits per heavy atom. The van der Waals surface area contributed by atoms with Crippen LogP contribution in [0.1, 0.15) is 11.3 Å². The van der Waals surface area contributed by atoms with Gasteiger partial charge in [-0.3, -0.25) is 4.79 Å². The van der Waals surface area contributed by atoms with Crippen molar-refractivity contribution in [2.45, 2.75) is 13.3 Å². The number of nitrogens with one attached hydrogen (secondary N) is 1. The lowest BCUT2D eigenvalue weighted by Crippen LogP contribution is -2.13. The van der Waals surface area contributed by atoms with E-state index in [4.69, 9.17) is 16.9 Å². The van der Waals surface area contributed by atoms with Crippen molar-refractivity contribution in [3.05, 3.63) is 75.3 Å². The molecule has 0 aliphatic heterocycles. The zero-order chi connectivity index (χ0) is 19.7. The number of aromatic nitrogens is 4. The van der Waals surface area contributed by atoms with Crippen LogP contribution in [0.3, 0.4) is 0 Å². The van der Waals surface area contributed by atoms with Gasteiger partial charge in [0.1, 0.15) is 5.15 Å². The van der Waals surface area contributed by atoms with Crippen molar-refractivity contribution in [1.82, 2.24) is 19.9 Å². The fourth-order valence-electron chi connectivity index (χ4n) is 3.05. The maximum Gasteiger partial charge on any atom is 0.213 e. The van der Waals surface area contributed by atoms with Gasteiger partial charge in [-0.15, -0.1) is 0 Å². The van der Waals surface area contributed by atoms with Crippen LogP contribution in [0.5, 0.6) is 0 Å². The van der Waals surface area contributed by atoms with Crippen molar-refractivity contribution >= 4 is 22.8 Å². The van der Waals surface area contributed by atoms with Crippen molar-refractivity contribution in [3.8, 4) is 28.6 Å². The molecule has 0 unspecified atom stereocenters. The summed E-state index contributed by atoms with van der Waals surface area (Å²) in [7, 11) is 0. The van der Waals surface area contributed by atoms with Gasteiger partial charge in [-0.2, -0.15) is 5.26 Å². The molecule has 28 heavy (non-hydrogen) atoms. The smallest absolute Gasteiger partial charge is 0.213 e. The summed E-state index contributed by atoms with van der Waals surface area (Å²) in [5.74, 6) is 0. The van der Waals surface area contributed by atoms with Crippen LogP contribution in [0.15, 0.2) is 53.5 Å². The van der Waals surface area contributed by atoms with Gasteiger partial charge >= 0.3 is 0 Å². The summed E-state index contributed by atoms with van der Waals surface area (Å²) in [4.78, 5) is 29.3. The van der Waals surface area contributed by atoms with Crippen molar-refractivity contribution in [2.75, 3.05) is 0 Å². The standard InChI is InChI=1S/C21H14ClN5O/c1-12-9-15(10-16(22)25-12)18-17(13-5-3-2-4-6-13)27-21-19(26-18)20(28)14(7-8-23)11-24-21/h2-6,9-11H,7H2,1H3,(H,24,27,28). The Kier molecular flexibility index (Phi) is 4.60. The SMILES string of the molecule is Cc1cc(-c2nc3c(=O)c(CC#N)c[nH]c3nc2-c2ccccc2)cc(Cl)n1. The number of fused-ring (bicyclic) bond motifs is 1. The number of nitrogens with zero attached hydrogens (tertiary/aromatic N) is 4. The fraction of sp³-hybridized carbons (Fsp3) is 0.0952. The second-order valence-corrected chi connectivity index (χ2v) is 6.67. The summed E-state index contributed by atoms with van der Waals surface area (Å²) in [5.41, 5.74) is 4.07. The summed E-state index contributed by atoms with van der Waals surface area (Å²) >= 11 is 6.15. The monoisotopic (exact) mass is 387 g/mol. The summed E-state index contributed by atoms with van der Waals surface area (Å²) < 4.78 is 0. The third-order valence-corrected chi connectivity index (χ3v) is 4.49. The van der Waals surface area contributed by atoms with Gasteiger partial charge in [0.15, 0.2) is 11.2 Å². The number of hydrogen-bond acceptors (Lipinski definition) is 5. The van der Waals surface area contributed by atoms with Gasteiger partial charge in [-0.05, 0) is 19.1 Å². The van der Waals surface area contributed by atoms with E-state index >= 15 is 0 Å². The van der Waals surface area contributed by atoms with Crippen LogP contribution < -0.4 is 5.43 Å². The van der Waals surface area contributed by atoms with Crippen molar-refractivity contribution in [3.63, 3.8) is 0 Å². The summed E-state index contributed by atoms with van der Waals surface area (Å²) in [6.07, 6.45) is 1.52. The van der Waals surface area contributed by atoms with Gasteiger partial charge in [0.05, 0.1) is 23.9 Å². The highest BCUT2D eigenvalue weighted by Gasteiger charge is 2.17. The molecule has 0 aliphatic carbocycles. The fourth-order valence-corrected chi connectivity index (χ4v) is 3.30. The van der Waals surface area contributed by atoms with E-state index in [-0.39, 0.29) is 17.4 Å². The van der Waals surface area contributed by atoms with Crippen LogP contribution in [-0.2, 0) is 6.42 Å². The van der Waals surface area contributed by atoms with Crippen LogP contribution in [-0.4, -0.2) is 19.9 Å². The molecule has 4 rings (SSSR count). The molecule has 1 N–H and O–H groups in total. The number of nitriles is 1.